The molecule has 4 nitrogen and oxygen atoms in total. The quantitative estimate of drug-likeness (QED) is 0.718. The maximum Gasteiger partial charge on any atom is 0.182 e. The first-order chi connectivity index (χ1) is 7.43. The summed E-state index contributed by atoms with van der Waals surface area (Å²) in [6, 6.07) is 2.97. The predicted molar refractivity (Wildman–Crippen MR) is 62.5 cm³/mol. The number of hydrogen-bond donors (Lipinski definition) is 1. The number of nitrogens with zero attached hydrogens (tertiary/aromatic N) is 2. The molecule has 2 heterocycles. The number of pyridine rings is 1. The fourth-order valence-corrected chi connectivity index (χ4v) is 1.71. The van der Waals surface area contributed by atoms with Gasteiger partial charge in [-0.25, -0.2) is 4.98 Å². The Morgan fingerprint density at radius 3 is 2.69 bits per heavy atom. The van der Waals surface area contributed by atoms with E-state index in [0.717, 1.165) is 12.1 Å². The van der Waals surface area contributed by atoms with Gasteiger partial charge in [0.05, 0.1) is 5.52 Å². The third-order valence-corrected chi connectivity index (χ3v) is 2.44. The minimum Gasteiger partial charge on any atom is -0.513 e. The van der Waals surface area contributed by atoms with Gasteiger partial charge in [-0.1, -0.05) is 20.8 Å². The number of aliphatic hydroxyl groups excluding tert-OH is 1. The van der Waals surface area contributed by atoms with Gasteiger partial charge < -0.3 is 9.51 Å². The lowest BCUT2D eigenvalue weighted by molar-refractivity contribution is 0.532. The molecule has 0 unspecified atom stereocenters. The third-order valence-electron chi connectivity index (χ3n) is 2.44. The van der Waals surface area contributed by atoms with Gasteiger partial charge in [-0.3, -0.25) is 4.79 Å². The second-order valence-corrected chi connectivity index (χ2v) is 4.82. The number of fused-ring (bicyclic) bond motifs is 1. The van der Waals surface area contributed by atoms with Gasteiger partial charge in [-0.15, -0.1) is 0 Å². The van der Waals surface area contributed by atoms with Crippen molar-refractivity contribution in [3.05, 3.63) is 39.7 Å². The summed E-state index contributed by atoms with van der Waals surface area (Å²) in [7, 11) is 0. The van der Waals surface area contributed by atoms with Crippen LogP contribution in [0.4, 0.5) is 0 Å². The highest BCUT2D eigenvalue weighted by atomic mass is 16.2. The molecular formula is C12H14N2O2. The van der Waals surface area contributed by atoms with Crippen molar-refractivity contribution in [3.63, 3.8) is 0 Å². The van der Waals surface area contributed by atoms with E-state index in [1.807, 2.05) is 25.2 Å². The highest BCUT2D eigenvalue weighted by Gasteiger charge is 2.20. The van der Waals surface area contributed by atoms with E-state index in [1.165, 1.54) is 12.1 Å². The van der Waals surface area contributed by atoms with Gasteiger partial charge in [0.15, 0.2) is 5.43 Å². The highest BCUT2D eigenvalue weighted by molar-refractivity contribution is 5.50. The van der Waals surface area contributed by atoms with E-state index in [2.05, 4.69) is 4.98 Å². The number of imidazole rings is 1. The van der Waals surface area contributed by atoms with Crippen LogP contribution in [-0.4, -0.2) is 14.5 Å². The first-order valence-electron chi connectivity index (χ1n) is 5.10. The number of hydrogen-bond acceptors (Lipinski definition) is 3. The molecule has 2 aromatic heterocycles. The molecule has 4 heteroatoms. The van der Waals surface area contributed by atoms with Gasteiger partial charge in [-0.2, -0.15) is 0 Å². The second-order valence-electron chi connectivity index (χ2n) is 4.82. The molecule has 0 aromatic carbocycles. The van der Waals surface area contributed by atoms with Crippen molar-refractivity contribution < 1.29 is 5.11 Å². The summed E-state index contributed by atoms with van der Waals surface area (Å²) in [5.74, 6) is 0.822. The van der Waals surface area contributed by atoms with Crippen LogP contribution in [0.2, 0.25) is 0 Å². The van der Waals surface area contributed by atoms with E-state index in [0.29, 0.717) is 10.9 Å². The molecule has 0 aliphatic carbocycles. The van der Waals surface area contributed by atoms with Crippen LogP contribution in [0.3, 0.4) is 0 Å². The molecular weight excluding hydrogens is 204 g/mol. The Hall–Kier alpha value is -1.84. The lowest BCUT2D eigenvalue weighted by Gasteiger charge is -2.16. The zero-order chi connectivity index (χ0) is 11.9. The fraction of sp³-hybridized carbons (Fsp3) is 0.333. The van der Waals surface area contributed by atoms with Crippen molar-refractivity contribution in [1.82, 2.24) is 9.38 Å². The Labute approximate surface area is 92.9 Å². The molecule has 0 aliphatic rings. The molecule has 0 aliphatic heterocycles. The van der Waals surface area contributed by atoms with Crippen LogP contribution in [0.25, 0.3) is 11.8 Å². The largest absolute Gasteiger partial charge is 0.513 e. The summed E-state index contributed by atoms with van der Waals surface area (Å²) in [4.78, 5) is 15.6. The molecule has 0 fully saturated rings. The Kier molecular flexibility index (Phi) is 2.22. The number of rotatable bonds is 0. The molecule has 2 aromatic rings. The van der Waals surface area contributed by atoms with Crippen LogP contribution in [0.5, 0.6) is 0 Å². The molecule has 16 heavy (non-hydrogen) atoms. The topological polar surface area (TPSA) is 54.6 Å². The minimum absolute atomic E-state index is 0.0871. The average molecular weight is 218 g/mol. The normalized spacial score (nSPS) is 13.6. The lowest BCUT2D eigenvalue weighted by Crippen LogP contribution is -2.16. The maximum absolute atomic E-state index is 11.3. The minimum atomic E-state index is -0.144. The fourth-order valence-electron chi connectivity index (χ4n) is 1.71. The van der Waals surface area contributed by atoms with E-state index in [4.69, 9.17) is 5.11 Å². The molecule has 0 radical (unpaired) electrons. The SMILES string of the molecule is CC(C)(C)c1n/c(=C/O)c2cc(=O)ccn12. The van der Waals surface area contributed by atoms with E-state index in [9.17, 15) is 4.79 Å². The lowest BCUT2D eigenvalue weighted by atomic mass is 9.96. The van der Waals surface area contributed by atoms with E-state index in [-0.39, 0.29) is 10.8 Å². The van der Waals surface area contributed by atoms with Crippen molar-refractivity contribution in [1.29, 1.82) is 0 Å². The van der Waals surface area contributed by atoms with Gasteiger partial charge in [0.2, 0.25) is 0 Å². The van der Waals surface area contributed by atoms with Crippen molar-refractivity contribution in [2.24, 2.45) is 0 Å². The summed E-state index contributed by atoms with van der Waals surface area (Å²) < 4.78 is 1.84. The summed E-state index contributed by atoms with van der Waals surface area (Å²) in [5.41, 5.74) is 0.407. The van der Waals surface area contributed by atoms with Crippen LogP contribution in [0.15, 0.2) is 23.1 Å². The molecule has 1 N–H and O–H groups in total. The van der Waals surface area contributed by atoms with Gasteiger partial charge in [-0.05, 0) is 0 Å². The Balaban J connectivity index is 2.95. The Morgan fingerprint density at radius 1 is 1.44 bits per heavy atom. The molecule has 0 spiro atoms. The highest BCUT2D eigenvalue weighted by Crippen LogP contribution is 2.19. The Bertz CT molecular complexity index is 635. The zero-order valence-electron chi connectivity index (χ0n) is 9.56. The van der Waals surface area contributed by atoms with Crippen molar-refractivity contribution in [2.45, 2.75) is 26.2 Å². The van der Waals surface area contributed by atoms with Gasteiger partial charge in [0.1, 0.15) is 17.4 Å². The van der Waals surface area contributed by atoms with Gasteiger partial charge >= 0.3 is 0 Å². The smallest absolute Gasteiger partial charge is 0.182 e. The van der Waals surface area contributed by atoms with Crippen LogP contribution >= 0.6 is 0 Å². The molecule has 84 valence electrons. The molecule has 0 amide bonds. The van der Waals surface area contributed by atoms with E-state index in [1.54, 1.807) is 6.20 Å². The van der Waals surface area contributed by atoms with E-state index < -0.39 is 0 Å². The third kappa shape index (κ3) is 1.56. The summed E-state index contributed by atoms with van der Waals surface area (Å²) >= 11 is 0. The van der Waals surface area contributed by atoms with Gasteiger partial charge in [0, 0.05) is 23.7 Å². The molecule has 0 saturated heterocycles. The molecule has 0 bridgehead atoms. The van der Waals surface area contributed by atoms with Crippen LogP contribution < -0.4 is 10.8 Å². The number of aromatic nitrogens is 2. The maximum atomic E-state index is 11.3. The van der Waals surface area contributed by atoms with Crippen molar-refractivity contribution in [3.8, 4) is 0 Å². The summed E-state index contributed by atoms with van der Waals surface area (Å²) in [6.07, 6.45) is 2.63. The molecule has 2 rings (SSSR count). The van der Waals surface area contributed by atoms with Crippen LogP contribution in [0.1, 0.15) is 26.6 Å². The summed E-state index contributed by atoms with van der Waals surface area (Å²) in [6.45, 7) is 6.11. The average Bonchev–Trinajstić information content (AvgIpc) is 2.55. The molecule has 0 saturated carbocycles. The Morgan fingerprint density at radius 2 is 2.12 bits per heavy atom. The summed E-state index contributed by atoms with van der Waals surface area (Å²) in [5, 5.41) is 9.54. The first-order valence-corrected chi connectivity index (χ1v) is 5.10. The van der Waals surface area contributed by atoms with Crippen LogP contribution in [-0.2, 0) is 5.41 Å². The number of aliphatic hydroxyl groups is 1. The standard InChI is InChI=1S/C12H14N2O2/c1-12(2,3)11-13-9(7-15)10-6-8(16)4-5-14(10)11/h4-7,15H,1-3H3/b9-7+. The first kappa shape index (κ1) is 10.7. The monoisotopic (exact) mass is 218 g/mol. The van der Waals surface area contributed by atoms with Gasteiger partial charge in [0.25, 0.3) is 0 Å². The second kappa shape index (κ2) is 3.33. The zero-order valence-corrected chi connectivity index (χ0v) is 9.56. The molecule has 0 atom stereocenters. The van der Waals surface area contributed by atoms with Crippen LogP contribution in [0, 0.1) is 0 Å². The van der Waals surface area contributed by atoms with Crippen molar-refractivity contribution in [2.75, 3.05) is 0 Å². The predicted octanol–water partition coefficient (Wildman–Crippen LogP) is 1.01. The van der Waals surface area contributed by atoms with E-state index >= 15 is 0 Å². The van der Waals surface area contributed by atoms with Crippen molar-refractivity contribution >= 4 is 11.8 Å².